The average molecular weight is 496 g/mol. The Bertz CT molecular complexity index is 899. The molecule has 2 aromatic carbocycles. The number of amides is 1. The van der Waals surface area contributed by atoms with Crippen molar-refractivity contribution in [3.05, 3.63) is 56.5 Å². The summed E-state index contributed by atoms with van der Waals surface area (Å²) in [6.45, 7) is 1.84. The molecular formula is C20H20Br2N2O3. The smallest absolute Gasteiger partial charge is 0.242 e. The summed E-state index contributed by atoms with van der Waals surface area (Å²) in [5, 5.41) is 6.25. The SMILES string of the molecule is CCC(=O)N1N=C(c2ccc(Br)cc2Br)C[C@H]1c1ccc(OC)c(OC)c1. The molecule has 5 nitrogen and oxygen atoms in total. The van der Waals surface area contributed by atoms with E-state index in [0.717, 1.165) is 25.8 Å². The Kier molecular flexibility index (Phi) is 6.22. The zero-order chi connectivity index (χ0) is 19.6. The van der Waals surface area contributed by atoms with Crippen LogP contribution < -0.4 is 9.47 Å². The molecule has 3 rings (SSSR count). The molecule has 1 atom stereocenters. The second-order valence-electron chi connectivity index (χ2n) is 6.10. The minimum Gasteiger partial charge on any atom is -0.493 e. The van der Waals surface area contributed by atoms with Crippen LogP contribution in [0.1, 0.15) is 36.9 Å². The highest BCUT2D eigenvalue weighted by Crippen LogP contribution is 2.38. The lowest BCUT2D eigenvalue weighted by Gasteiger charge is -2.22. The monoisotopic (exact) mass is 494 g/mol. The first-order valence-corrected chi connectivity index (χ1v) is 10.1. The fourth-order valence-electron chi connectivity index (χ4n) is 3.11. The lowest BCUT2D eigenvalue weighted by atomic mass is 9.98. The molecule has 2 aromatic rings. The van der Waals surface area contributed by atoms with E-state index in [9.17, 15) is 4.79 Å². The Morgan fingerprint density at radius 3 is 2.52 bits per heavy atom. The van der Waals surface area contributed by atoms with E-state index in [1.54, 1.807) is 19.2 Å². The largest absolute Gasteiger partial charge is 0.493 e. The first kappa shape index (κ1) is 19.9. The van der Waals surface area contributed by atoms with Gasteiger partial charge in [0.2, 0.25) is 5.91 Å². The van der Waals surface area contributed by atoms with Gasteiger partial charge in [0.15, 0.2) is 11.5 Å². The molecule has 1 aliphatic heterocycles. The van der Waals surface area contributed by atoms with Gasteiger partial charge in [-0.25, -0.2) is 5.01 Å². The number of hydrazone groups is 1. The predicted molar refractivity (Wildman–Crippen MR) is 112 cm³/mol. The molecule has 0 fully saturated rings. The quantitative estimate of drug-likeness (QED) is 0.564. The van der Waals surface area contributed by atoms with Gasteiger partial charge in [0.05, 0.1) is 26.0 Å². The van der Waals surface area contributed by atoms with Gasteiger partial charge in [-0.05, 0) is 29.8 Å². The molecule has 1 heterocycles. The Hall–Kier alpha value is -1.86. The third kappa shape index (κ3) is 4.04. The van der Waals surface area contributed by atoms with Gasteiger partial charge in [0.25, 0.3) is 0 Å². The number of halogens is 2. The highest BCUT2D eigenvalue weighted by atomic mass is 79.9. The number of rotatable bonds is 5. The zero-order valence-electron chi connectivity index (χ0n) is 15.3. The summed E-state index contributed by atoms with van der Waals surface area (Å²) in [4.78, 5) is 12.5. The van der Waals surface area contributed by atoms with Crippen LogP contribution in [0.2, 0.25) is 0 Å². The standard InChI is InChI=1S/C20H20Br2N2O3/c1-4-20(25)24-17(12-5-8-18(26-2)19(9-12)27-3)11-16(23-24)14-7-6-13(21)10-15(14)22/h5-10,17H,4,11H2,1-3H3/t17-/m0/s1. The second-order valence-corrected chi connectivity index (χ2v) is 7.87. The molecule has 0 aromatic heterocycles. The van der Waals surface area contributed by atoms with Crippen LogP contribution >= 0.6 is 31.9 Å². The Balaban J connectivity index is 2.00. The summed E-state index contributed by atoms with van der Waals surface area (Å²) in [5.74, 6) is 1.28. The van der Waals surface area contributed by atoms with Crippen LogP contribution in [0.4, 0.5) is 0 Å². The van der Waals surface area contributed by atoms with Gasteiger partial charge < -0.3 is 9.47 Å². The molecule has 27 heavy (non-hydrogen) atoms. The molecule has 0 bridgehead atoms. The van der Waals surface area contributed by atoms with Crippen LogP contribution in [0.3, 0.4) is 0 Å². The van der Waals surface area contributed by atoms with E-state index in [1.807, 2.05) is 43.3 Å². The zero-order valence-corrected chi connectivity index (χ0v) is 18.5. The topological polar surface area (TPSA) is 51.1 Å². The van der Waals surface area contributed by atoms with Crippen molar-refractivity contribution in [2.75, 3.05) is 14.2 Å². The molecule has 0 aliphatic carbocycles. The molecule has 0 saturated carbocycles. The van der Waals surface area contributed by atoms with Crippen molar-refractivity contribution < 1.29 is 14.3 Å². The van der Waals surface area contributed by atoms with E-state index in [0.29, 0.717) is 24.3 Å². The number of hydrogen-bond acceptors (Lipinski definition) is 4. The van der Waals surface area contributed by atoms with Crippen molar-refractivity contribution in [1.29, 1.82) is 0 Å². The molecule has 0 saturated heterocycles. The van der Waals surface area contributed by atoms with Gasteiger partial charge in [-0.1, -0.05) is 50.9 Å². The molecule has 0 unspecified atom stereocenters. The lowest BCUT2D eigenvalue weighted by Crippen LogP contribution is -2.26. The maximum atomic E-state index is 12.5. The van der Waals surface area contributed by atoms with Gasteiger partial charge in [0, 0.05) is 27.4 Å². The van der Waals surface area contributed by atoms with Gasteiger partial charge >= 0.3 is 0 Å². The fourth-order valence-corrected chi connectivity index (χ4v) is 4.38. The summed E-state index contributed by atoms with van der Waals surface area (Å²) in [5.41, 5.74) is 2.81. The normalized spacial score (nSPS) is 16.3. The number of carbonyl (C=O) groups is 1. The van der Waals surface area contributed by atoms with Gasteiger partial charge in [-0.3, -0.25) is 4.79 Å². The van der Waals surface area contributed by atoms with Crippen LogP contribution in [0, 0.1) is 0 Å². The molecule has 0 spiro atoms. The lowest BCUT2D eigenvalue weighted by molar-refractivity contribution is -0.132. The summed E-state index contributed by atoms with van der Waals surface area (Å²) in [7, 11) is 3.21. The van der Waals surface area contributed by atoms with Crippen molar-refractivity contribution in [3.8, 4) is 11.5 Å². The Morgan fingerprint density at radius 1 is 1.15 bits per heavy atom. The molecule has 0 radical (unpaired) electrons. The molecule has 142 valence electrons. The van der Waals surface area contributed by atoms with Gasteiger partial charge in [0.1, 0.15) is 0 Å². The predicted octanol–water partition coefficient (Wildman–Crippen LogP) is 5.32. The minimum atomic E-state index is -0.178. The summed E-state index contributed by atoms with van der Waals surface area (Å²) >= 11 is 7.07. The Morgan fingerprint density at radius 2 is 1.89 bits per heavy atom. The van der Waals surface area contributed by atoms with Crippen LogP contribution in [-0.2, 0) is 4.79 Å². The van der Waals surface area contributed by atoms with E-state index in [4.69, 9.17) is 9.47 Å². The molecular weight excluding hydrogens is 476 g/mol. The van der Waals surface area contributed by atoms with E-state index in [2.05, 4.69) is 37.0 Å². The van der Waals surface area contributed by atoms with Crippen LogP contribution in [0.5, 0.6) is 11.5 Å². The molecule has 7 heteroatoms. The first-order valence-electron chi connectivity index (χ1n) is 8.55. The first-order chi connectivity index (χ1) is 13.0. The molecule has 1 amide bonds. The second kappa shape index (κ2) is 8.44. The highest BCUT2D eigenvalue weighted by molar-refractivity contribution is 9.11. The molecule has 1 aliphatic rings. The van der Waals surface area contributed by atoms with Gasteiger partial charge in [-0.15, -0.1) is 0 Å². The van der Waals surface area contributed by atoms with Crippen molar-refractivity contribution in [1.82, 2.24) is 5.01 Å². The number of benzene rings is 2. The van der Waals surface area contributed by atoms with Gasteiger partial charge in [-0.2, -0.15) is 5.10 Å². The maximum absolute atomic E-state index is 12.5. The van der Waals surface area contributed by atoms with Crippen LogP contribution in [-0.4, -0.2) is 30.8 Å². The van der Waals surface area contributed by atoms with Crippen LogP contribution in [0.25, 0.3) is 0 Å². The van der Waals surface area contributed by atoms with Crippen molar-refractivity contribution in [3.63, 3.8) is 0 Å². The summed E-state index contributed by atoms with van der Waals surface area (Å²) in [6, 6.07) is 11.5. The van der Waals surface area contributed by atoms with Crippen molar-refractivity contribution in [2.45, 2.75) is 25.8 Å². The number of carbonyl (C=O) groups excluding carboxylic acids is 1. The summed E-state index contributed by atoms with van der Waals surface area (Å²) in [6.07, 6.45) is 1.02. The number of ether oxygens (including phenoxy) is 2. The van der Waals surface area contributed by atoms with E-state index in [-0.39, 0.29) is 11.9 Å². The Labute approximate surface area is 175 Å². The minimum absolute atomic E-state index is 0.0157. The van der Waals surface area contributed by atoms with Crippen LogP contribution in [0.15, 0.2) is 50.4 Å². The van der Waals surface area contributed by atoms with E-state index in [1.165, 1.54) is 0 Å². The number of methoxy groups -OCH3 is 2. The fraction of sp³-hybridized carbons (Fsp3) is 0.300. The van der Waals surface area contributed by atoms with E-state index >= 15 is 0 Å². The molecule has 0 N–H and O–H groups in total. The number of nitrogens with zero attached hydrogens (tertiary/aromatic N) is 2. The van der Waals surface area contributed by atoms with Crippen molar-refractivity contribution in [2.24, 2.45) is 5.10 Å². The maximum Gasteiger partial charge on any atom is 0.242 e. The third-order valence-electron chi connectivity index (χ3n) is 4.50. The number of hydrogen-bond donors (Lipinski definition) is 0. The highest BCUT2D eigenvalue weighted by Gasteiger charge is 2.33. The third-order valence-corrected chi connectivity index (χ3v) is 5.65. The van der Waals surface area contributed by atoms with Crippen molar-refractivity contribution >= 4 is 43.5 Å². The van der Waals surface area contributed by atoms with E-state index < -0.39 is 0 Å². The summed E-state index contributed by atoms with van der Waals surface area (Å²) < 4.78 is 12.7. The average Bonchev–Trinajstić information content (AvgIpc) is 3.11.